The van der Waals surface area contributed by atoms with Crippen LogP contribution in [0, 0.1) is 0 Å². The molecule has 26 heavy (non-hydrogen) atoms. The van der Waals surface area contributed by atoms with Gasteiger partial charge in [-0.2, -0.15) is 10.2 Å². The number of ether oxygens (including phenoxy) is 2. The highest BCUT2D eigenvalue weighted by Gasteiger charge is 2.27. The molecule has 1 aliphatic heterocycles. The molecule has 0 unspecified atom stereocenters. The molecule has 1 aromatic heterocycles. The number of para-hydroxylation sites is 2. The van der Waals surface area contributed by atoms with Crippen molar-refractivity contribution in [1.29, 1.82) is 0 Å². The second-order valence-electron chi connectivity index (χ2n) is 5.66. The number of aromatic nitrogens is 2. The normalized spacial score (nSPS) is 15.8. The van der Waals surface area contributed by atoms with Crippen LogP contribution in [-0.2, 0) is 4.79 Å². The van der Waals surface area contributed by atoms with Crippen LogP contribution in [0.2, 0.25) is 0 Å². The maximum atomic E-state index is 12.2. The predicted molar refractivity (Wildman–Crippen MR) is 96.1 cm³/mol. The number of aromatic amines is 1. The summed E-state index contributed by atoms with van der Waals surface area (Å²) in [5.41, 5.74) is 5.06. The van der Waals surface area contributed by atoms with Crippen molar-refractivity contribution < 1.29 is 14.3 Å². The van der Waals surface area contributed by atoms with Crippen molar-refractivity contribution >= 4 is 12.1 Å². The lowest BCUT2D eigenvalue weighted by molar-refractivity contribution is -0.130. The van der Waals surface area contributed by atoms with Crippen LogP contribution in [0.1, 0.15) is 5.56 Å². The van der Waals surface area contributed by atoms with Crippen molar-refractivity contribution in [2.45, 2.75) is 6.10 Å². The van der Waals surface area contributed by atoms with E-state index in [9.17, 15) is 4.79 Å². The number of hydrazone groups is 1. The summed E-state index contributed by atoms with van der Waals surface area (Å²) in [5.74, 6) is 0.801. The lowest BCUT2D eigenvalue weighted by atomic mass is 10.1. The molecule has 7 nitrogen and oxygen atoms in total. The Morgan fingerprint density at radius 3 is 2.77 bits per heavy atom. The summed E-state index contributed by atoms with van der Waals surface area (Å²) in [4.78, 5) is 12.2. The molecule has 0 bridgehead atoms. The molecule has 130 valence electrons. The summed E-state index contributed by atoms with van der Waals surface area (Å²) in [6, 6.07) is 17.0. The number of amides is 1. The molecule has 4 rings (SSSR count). The topological polar surface area (TPSA) is 88.6 Å². The van der Waals surface area contributed by atoms with Crippen LogP contribution in [0.4, 0.5) is 0 Å². The fraction of sp³-hybridized carbons (Fsp3) is 0.105. The Morgan fingerprint density at radius 2 is 1.92 bits per heavy atom. The number of nitrogens with one attached hydrogen (secondary N) is 2. The Hall–Kier alpha value is -3.61. The number of carbonyl (C=O) groups is 1. The average molecular weight is 348 g/mol. The lowest BCUT2D eigenvalue weighted by Gasteiger charge is -2.24. The van der Waals surface area contributed by atoms with Crippen molar-refractivity contribution in [3.8, 4) is 22.8 Å². The van der Waals surface area contributed by atoms with Gasteiger partial charge in [0.15, 0.2) is 11.5 Å². The minimum Gasteiger partial charge on any atom is -0.485 e. The van der Waals surface area contributed by atoms with E-state index in [0.717, 1.165) is 16.8 Å². The zero-order valence-electron chi connectivity index (χ0n) is 13.8. The van der Waals surface area contributed by atoms with Crippen LogP contribution in [0.5, 0.6) is 11.5 Å². The molecule has 0 aliphatic carbocycles. The Balaban J connectivity index is 1.41. The first-order valence-corrected chi connectivity index (χ1v) is 8.11. The molecule has 7 heteroatoms. The first-order chi connectivity index (χ1) is 12.8. The van der Waals surface area contributed by atoms with Gasteiger partial charge in [0.25, 0.3) is 5.91 Å². The van der Waals surface area contributed by atoms with Gasteiger partial charge in [-0.15, -0.1) is 0 Å². The summed E-state index contributed by atoms with van der Waals surface area (Å²) >= 11 is 0. The Bertz CT molecular complexity index is 937. The van der Waals surface area contributed by atoms with Crippen molar-refractivity contribution in [3.05, 3.63) is 66.4 Å². The fourth-order valence-electron chi connectivity index (χ4n) is 2.62. The number of nitrogens with zero attached hydrogens (tertiary/aromatic N) is 2. The van der Waals surface area contributed by atoms with E-state index in [2.05, 4.69) is 20.7 Å². The van der Waals surface area contributed by atoms with Crippen molar-refractivity contribution in [3.63, 3.8) is 0 Å². The van der Waals surface area contributed by atoms with Crippen molar-refractivity contribution in [2.24, 2.45) is 5.10 Å². The minimum atomic E-state index is -0.750. The third-order valence-electron chi connectivity index (χ3n) is 3.91. The number of benzene rings is 2. The van der Waals surface area contributed by atoms with Gasteiger partial charge in [-0.25, -0.2) is 5.43 Å². The standard InChI is InChI=1S/C19H16N4O3/c24-19(17-12-25-15-8-4-5-9-16(15)26-17)23-21-11-14-10-20-22-18(14)13-6-2-1-3-7-13/h1-11,17H,12H2,(H,20,22)(H,23,24)/b21-11+/t17-/m1/s1. The molecule has 1 amide bonds. The minimum absolute atomic E-state index is 0.138. The van der Waals surface area contributed by atoms with Crippen LogP contribution in [0.3, 0.4) is 0 Å². The van der Waals surface area contributed by atoms with E-state index < -0.39 is 6.10 Å². The van der Waals surface area contributed by atoms with Crippen LogP contribution < -0.4 is 14.9 Å². The van der Waals surface area contributed by atoms with Crippen molar-refractivity contribution in [2.75, 3.05) is 6.61 Å². The summed E-state index contributed by atoms with van der Waals surface area (Å²) in [6.07, 6.45) is 2.44. The van der Waals surface area contributed by atoms with Gasteiger partial charge in [0, 0.05) is 11.1 Å². The quantitative estimate of drug-likeness (QED) is 0.560. The van der Waals surface area contributed by atoms with Gasteiger partial charge < -0.3 is 9.47 Å². The number of rotatable bonds is 4. The van der Waals surface area contributed by atoms with Crippen LogP contribution >= 0.6 is 0 Å². The zero-order valence-corrected chi connectivity index (χ0v) is 13.8. The third-order valence-corrected chi connectivity index (χ3v) is 3.91. The van der Waals surface area contributed by atoms with E-state index in [1.54, 1.807) is 24.5 Å². The van der Waals surface area contributed by atoms with Crippen molar-refractivity contribution in [1.82, 2.24) is 15.6 Å². The monoisotopic (exact) mass is 348 g/mol. The van der Waals surface area contributed by atoms with Gasteiger partial charge in [-0.05, 0) is 12.1 Å². The number of fused-ring (bicyclic) bond motifs is 1. The maximum Gasteiger partial charge on any atom is 0.284 e. The van der Waals surface area contributed by atoms with Gasteiger partial charge in [0.2, 0.25) is 6.10 Å². The fourth-order valence-corrected chi connectivity index (χ4v) is 2.62. The van der Waals surface area contributed by atoms with E-state index in [4.69, 9.17) is 9.47 Å². The number of hydrogen-bond donors (Lipinski definition) is 2. The average Bonchev–Trinajstić information content (AvgIpc) is 3.17. The molecule has 2 heterocycles. The van der Waals surface area contributed by atoms with Gasteiger partial charge >= 0.3 is 0 Å². The first kappa shape index (κ1) is 15.9. The summed E-state index contributed by atoms with van der Waals surface area (Å²) < 4.78 is 11.2. The molecule has 2 N–H and O–H groups in total. The highest BCUT2D eigenvalue weighted by Crippen LogP contribution is 2.30. The van der Waals surface area contributed by atoms with Crippen LogP contribution in [0.25, 0.3) is 11.3 Å². The van der Waals surface area contributed by atoms with E-state index >= 15 is 0 Å². The highest BCUT2D eigenvalue weighted by molar-refractivity contribution is 5.90. The van der Waals surface area contributed by atoms with E-state index in [-0.39, 0.29) is 12.5 Å². The molecule has 0 saturated carbocycles. The Kier molecular flexibility index (Phi) is 4.34. The molecule has 0 radical (unpaired) electrons. The Morgan fingerprint density at radius 1 is 1.15 bits per heavy atom. The number of hydrogen-bond acceptors (Lipinski definition) is 5. The predicted octanol–water partition coefficient (Wildman–Crippen LogP) is 2.37. The lowest BCUT2D eigenvalue weighted by Crippen LogP contribution is -2.42. The van der Waals surface area contributed by atoms with Crippen LogP contribution in [0.15, 0.2) is 65.9 Å². The molecule has 0 saturated heterocycles. The highest BCUT2D eigenvalue weighted by atomic mass is 16.6. The third kappa shape index (κ3) is 3.27. The Labute approximate surface area is 149 Å². The van der Waals surface area contributed by atoms with Crippen LogP contribution in [-0.4, -0.2) is 35.0 Å². The molecule has 0 fully saturated rings. The molecular formula is C19H16N4O3. The van der Waals surface area contributed by atoms with Gasteiger partial charge in [0.1, 0.15) is 6.61 Å². The summed E-state index contributed by atoms with van der Waals surface area (Å²) in [5, 5.41) is 11.0. The molecule has 1 atom stereocenters. The SMILES string of the molecule is O=C(N/N=C/c1cn[nH]c1-c1ccccc1)[C@H]1COc2ccccc2O1. The second-order valence-corrected chi connectivity index (χ2v) is 5.66. The van der Waals surface area contributed by atoms with E-state index in [0.29, 0.717) is 11.5 Å². The largest absolute Gasteiger partial charge is 0.485 e. The molecular weight excluding hydrogens is 332 g/mol. The second kappa shape index (κ2) is 7.10. The van der Waals surface area contributed by atoms with Gasteiger partial charge in [0.05, 0.1) is 18.1 Å². The maximum absolute atomic E-state index is 12.2. The molecule has 2 aromatic carbocycles. The first-order valence-electron chi connectivity index (χ1n) is 8.11. The molecule has 3 aromatic rings. The summed E-state index contributed by atoms with van der Waals surface area (Å²) in [6.45, 7) is 0.138. The number of carbonyl (C=O) groups excluding carboxylic acids is 1. The smallest absolute Gasteiger partial charge is 0.284 e. The zero-order chi connectivity index (χ0) is 17.8. The van der Waals surface area contributed by atoms with E-state index in [1.807, 2.05) is 42.5 Å². The molecule has 1 aliphatic rings. The van der Waals surface area contributed by atoms with Gasteiger partial charge in [-0.1, -0.05) is 42.5 Å². The van der Waals surface area contributed by atoms with E-state index in [1.165, 1.54) is 0 Å². The number of H-pyrrole nitrogens is 1. The molecule has 0 spiro atoms. The summed E-state index contributed by atoms with van der Waals surface area (Å²) in [7, 11) is 0. The van der Waals surface area contributed by atoms with Gasteiger partial charge in [-0.3, -0.25) is 9.89 Å².